The molecule has 0 spiro atoms. The molecular formula is C23H24N6O2S2. The molecule has 1 amide bonds. The molecule has 0 radical (unpaired) electrons. The minimum Gasteiger partial charge on any atom is -0.497 e. The monoisotopic (exact) mass is 480 g/mol. The molecule has 10 heteroatoms. The van der Waals surface area contributed by atoms with Crippen LogP contribution in [0.4, 0.5) is 0 Å². The number of carbonyl (C=O) groups is 1. The van der Waals surface area contributed by atoms with Crippen molar-refractivity contribution in [2.45, 2.75) is 6.54 Å². The number of methoxy groups -OCH3 is 1. The van der Waals surface area contributed by atoms with Gasteiger partial charge in [-0.2, -0.15) is 5.10 Å². The Kier molecular flexibility index (Phi) is 6.21. The summed E-state index contributed by atoms with van der Waals surface area (Å²) in [6.45, 7) is 3.81. The van der Waals surface area contributed by atoms with E-state index in [9.17, 15) is 4.79 Å². The molecule has 1 saturated heterocycles. The second-order valence-corrected chi connectivity index (χ2v) is 9.60. The van der Waals surface area contributed by atoms with E-state index in [4.69, 9.17) is 9.72 Å². The predicted octanol–water partition coefficient (Wildman–Crippen LogP) is 3.63. The van der Waals surface area contributed by atoms with Gasteiger partial charge in [0.1, 0.15) is 21.5 Å². The molecule has 8 nitrogen and oxygen atoms in total. The van der Waals surface area contributed by atoms with E-state index in [2.05, 4.69) is 20.4 Å². The number of aryl methyl sites for hydroxylation is 1. The van der Waals surface area contributed by atoms with Gasteiger partial charge in [-0.25, -0.2) is 9.97 Å². The Morgan fingerprint density at radius 2 is 1.73 bits per heavy atom. The lowest BCUT2D eigenvalue weighted by Gasteiger charge is -2.34. The average molecular weight is 481 g/mol. The van der Waals surface area contributed by atoms with E-state index in [0.29, 0.717) is 18.8 Å². The zero-order valence-electron chi connectivity index (χ0n) is 18.5. The van der Waals surface area contributed by atoms with Crippen molar-refractivity contribution in [2.75, 3.05) is 33.3 Å². The first-order valence-corrected chi connectivity index (χ1v) is 12.4. The molecule has 0 N–H and O–H groups in total. The molecule has 1 aromatic carbocycles. The van der Waals surface area contributed by atoms with Crippen molar-refractivity contribution in [3.63, 3.8) is 0 Å². The summed E-state index contributed by atoms with van der Waals surface area (Å²) in [6.07, 6.45) is 3.68. The molecule has 0 unspecified atom stereocenters. The van der Waals surface area contributed by atoms with Gasteiger partial charge < -0.3 is 9.64 Å². The Morgan fingerprint density at radius 1 is 1.00 bits per heavy atom. The fourth-order valence-corrected chi connectivity index (χ4v) is 5.37. The Hall–Kier alpha value is -3.08. The highest BCUT2D eigenvalue weighted by atomic mass is 32.1. The molecule has 0 saturated carbocycles. The molecule has 4 heterocycles. The highest BCUT2D eigenvalue weighted by molar-refractivity contribution is 7.13. The number of hydrogen-bond donors (Lipinski definition) is 0. The van der Waals surface area contributed by atoms with Crippen LogP contribution < -0.4 is 4.74 Å². The number of hydrogen-bond acceptors (Lipinski definition) is 8. The summed E-state index contributed by atoms with van der Waals surface area (Å²) in [7, 11) is 3.54. The lowest BCUT2D eigenvalue weighted by atomic mass is 10.2. The maximum absolute atomic E-state index is 12.9. The van der Waals surface area contributed by atoms with Crippen molar-refractivity contribution in [2.24, 2.45) is 7.05 Å². The number of benzene rings is 1. The summed E-state index contributed by atoms with van der Waals surface area (Å²) in [6, 6.07) is 7.97. The summed E-state index contributed by atoms with van der Waals surface area (Å²) >= 11 is 3.13. The van der Waals surface area contributed by atoms with E-state index in [1.807, 2.05) is 47.8 Å². The zero-order chi connectivity index (χ0) is 22.8. The molecule has 1 aliphatic heterocycles. The third-order valence-corrected chi connectivity index (χ3v) is 7.44. The van der Waals surface area contributed by atoms with Crippen LogP contribution in [0.1, 0.15) is 16.2 Å². The molecule has 1 fully saturated rings. The number of carbonyl (C=O) groups excluding carboxylic acids is 1. The van der Waals surface area contributed by atoms with E-state index >= 15 is 0 Å². The van der Waals surface area contributed by atoms with Crippen LogP contribution in [0, 0.1) is 0 Å². The maximum atomic E-state index is 12.9. The predicted molar refractivity (Wildman–Crippen MR) is 130 cm³/mol. The van der Waals surface area contributed by atoms with Gasteiger partial charge in [-0.15, -0.1) is 22.7 Å². The molecule has 0 aliphatic carbocycles. The third-order valence-electron chi connectivity index (χ3n) is 5.61. The van der Waals surface area contributed by atoms with Gasteiger partial charge in [0.2, 0.25) is 0 Å². The number of aromatic nitrogens is 4. The fraction of sp³-hybridized carbons (Fsp3) is 0.304. The summed E-state index contributed by atoms with van der Waals surface area (Å²) in [5.41, 5.74) is 3.60. The first-order valence-electron chi connectivity index (χ1n) is 10.6. The Balaban J connectivity index is 1.16. The standard InChI is InChI=1S/C23H24N6O2S2/c1-27-12-17(11-24-27)22-26-20(15-33-22)23(30)29-9-7-28(8-10-29)13-18-14-32-21(25-18)16-3-5-19(31-2)6-4-16/h3-6,11-12,14-15H,7-10,13H2,1-2H3. The van der Waals surface area contributed by atoms with Crippen LogP contribution in [-0.4, -0.2) is 68.7 Å². The van der Waals surface area contributed by atoms with Crippen LogP contribution in [0.2, 0.25) is 0 Å². The van der Waals surface area contributed by atoms with Gasteiger partial charge in [0.25, 0.3) is 5.91 Å². The minimum absolute atomic E-state index is 0.00325. The van der Waals surface area contributed by atoms with E-state index < -0.39 is 0 Å². The SMILES string of the molecule is COc1ccc(-c2nc(CN3CCN(C(=O)c4csc(-c5cnn(C)c5)n4)CC3)cs2)cc1. The average Bonchev–Trinajstić information content (AvgIpc) is 3.60. The quantitative estimate of drug-likeness (QED) is 0.419. The summed E-state index contributed by atoms with van der Waals surface area (Å²) in [5, 5.41) is 9.97. The van der Waals surface area contributed by atoms with Crippen molar-refractivity contribution >= 4 is 28.6 Å². The first kappa shape index (κ1) is 21.7. The van der Waals surface area contributed by atoms with Crippen LogP contribution in [0.15, 0.2) is 47.4 Å². The van der Waals surface area contributed by atoms with Gasteiger partial charge in [0, 0.05) is 67.9 Å². The second kappa shape index (κ2) is 9.42. The van der Waals surface area contributed by atoms with Gasteiger partial charge >= 0.3 is 0 Å². The van der Waals surface area contributed by atoms with E-state index in [0.717, 1.165) is 52.2 Å². The van der Waals surface area contributed by atoms with E-state index in [-0.39, 0.29) is 5.91 Å². The first-order chi connectivity index (χ1) is 16.1. The largest absolute Gasteiger partial charge is 0.497 e. The zero-order valence-corrected chi connectivity index (χ0v) is 20.1. The Morgan fingerprint density at radius 3 is 2.42 bits per heavy atom. The fourth-order valence-electron chi connectivity index (χ4n) is 3.78. The minimum atomic E-state index is -0.00325. The molecule has 170 valence electrons. The number of rotatable bonds is 6. The number of nitrogens with zero attached hydrogens (tertiary/aromatic N) is 6. The summed E-state index contributed by atoms with van der Waals surface area (Å²) in [5.74, 6) is 0.838. The van der Waals surface area contributed by atoms with Gasteiger partial charge in [0.05, 0.1) is 19.0 Å². The van der Waals surface area contributed by atoms with Gasteiger partial charge in [-0.3, -0.25) is 14.4 Å². The molecule has 0 atom stereocenters. The topological polar surface area (TPSA) is 76.4 Å². The highest BCUT2D eigenvalue weighted by Crippen LogP contribution is 2.27. The van der Waals surface area contributed by atoms with Crippen molar-refractivity contribution in [1.82, 2.24) is 29.5 Å². The smallest absolute Gasteiger partial charge is 0.273 e. The lowest BCUT2D eigenvalue weighted by Crippen LogP contribution is -2.48. The van der Waals surface area contributed by atoms with Crippen LogP contribution in [-0.2, 0) is 13.6 Å². The van der Waals surface area contributed by atoms with Crippen molar-refractivity contribution < 1.29 is 9.53 Å². The summed E-state index contributed by atoms with van der Waals surface area (Å²) < 4.78 is 6.96. The maximum Gasteiger partial charge on any atom is 0.273 e. The Bertz CT molecular complexity index is 1240. The van der Waals surface area contributed by atoms with E-state index in [1.165, 1.54) is 11.3 Å². The van der Waals surface area contributed by atoms with Gasteiger partial charge in [0.15, 0.2) is 0 Å². The molecule has 4 aromatic rings. The van der Waals surface area contributed by atoms with E-state index in [1.54, 1.807) is 29.3 Å². The van der Waals surface area contributed by atoms with Crippen LogP contribution >= 0.6 is 22.7 Å². The number of piperazine rings is 1. The lowest BCUT2D eigenvalue weighted by molar-refractivity contribution is 0.0622. The molecule has 5 rings (SSSR count). The number of amides is 1. The summed E-state index contributed by atoms with van der Waals surface area (Å²) in [4.78, 5) is 26.5. The van der Waals surface area contributed by atoms with Gasteiger partial charge in [-0.1, -0.05) is 0 Å². The molecular weight excluding hydrogens is 456 g/mol. The number of thiazole rings is 2. The molecule has 0 bridgehead atoms. The molecule has 33 heavy (non-hydrogen) atoms. The van der Waals surface area contributed by atoms with Crippen molar-refractivity contribution in [1.29, 1.82) is 0 Å². The Labute approximate surface area is 200 Å². The van der Waals surface area contributed by atoms with Crippen molar-refractivity contribution in [3.8, 4) is 26.9 Å². The normalized spacial score (nSPS) is 14.5. The van der Waals surface area contributed by atoms with Crippen LogP contribution in [0.25, 0.3) is 21.1 Å². The van der Waals surface area contributed by atoms with Crippen LogP contribution in [0.5, 0.6) is 5.75 Å². The number of ether oxygens (including phenoxy) is 1. The van der Waals surface area contributed by atoms with Crippen LogP contribution in [0.3, 0.4) is 0 Å². The third kappa shape index (κ3) is 4.82. The van der Waals surface area contributed by atoms with Crippen molar-refractivity contribution in [3.05, 3.63) is 58.8 Å². The molecule has 1 aliphatic rings. The molecule has 3 aromatic heterocycles. The second-order valence-electron chi connectivity index (χ2n) is 7.88. The van der Waals surface area contributed by atoms with Gasteiger partial charge in [-0.05, 0) is 24.3 Å². The highest BCUT2D eigenvalue weighted by Gasteiger charge is 2.24.